The zero-order valence-corrected chi connectivity index (χ0v) is 12.8. The summed E-state index contributed by atoms with van der Waals surface area (Å²) in [6.07, 6.45) is 0.118. The first-order chi connectivity index (χ1) is 10.8. The smallest absolute Gasteiger partial charge is 0.326 e. The van der Waals surface area contributed by atoms with Crippen LogP contribution in [0.15, 0.2) is 24.3 Å². The highest BCUT2D eigenvalue weighted by Crippen LogP contribution is 2.10. The Morgan fingerprint density at radius 3 is 2.22 bits per heavy atom. The molecule has 1 aromatic carbocycles. The Labute approximate surface area is 133 Å². The van der Waals surface area contributed by atoms with E-state index in [-0.39, 0.29) is 31.0 Å². The molecule has 6 N–H and O–H groups in total. The van der Waals surface area contributed by atoms with Crippen LogP contribution < -0.4 is 16.4 Å². The molecule has 0 unspecified atom stereocenters. The molecule has 0 saturated carbocycles. The van der Waals surface area contributed by atoms with Crippen molar-refractivity contribution in [1.82, 2.24) is 5.32 Å². The Kier molecular flexibility index (Phi) is 6.72. The van der Waals surface area contributed by atoms with Crippen LogP contribution in [-0.4, -0.2) is 34.8 Å². The number of amides is 2. The lowest BCUT2D eigenvalue weighted by Crippen LogP contribution is -2.40. The first kappa shape index (κ1) is 18.1. The summed E-state index contributed by atoms with van der Waals surface area (Å²) in [4.78, 5) is 34.2. The quantitative estimate of drug-likeness (QED) is 0.353. The van der Waals surface area contributed by atoms with Gasteiger partial charge in [-0.15, -0.1) is 0 Å². The average Bonchev–Trinajstić information content (AvgIpc) is 2.50. The van der Waals surface area contributed by atoms with Crippen LogP contribution in [0.4, 0.5) is 5.69 Å². The van der Waals surface area contributed by atoms with Gasteiger partial charge in [0.2, 0.25) is 11.8 Å². The van der Waals surface area contributed by atoms with Crippen LogP contribution in [0.2, 0.25) is 0 Å². The summed E-state index contributed by atoms with van der Waals surface area (Å²) in [5.41, 5.74) is 6.40. The van der Waals surface area contributed by atoms with Crippen LogP contribution in [0.5, 0.6) is 0 Å². The molecule has 0 fully saturated rings. The second-order valence-electron chi connectivity index (χ2n) is 4.91. The molecule has 0 aromatic heterocycles. The Hall–Kier alpha value is -2.90. The van der Waals surface area contributed by atoms with Crippen molar-refractivity contribution in [1.29, 1.82) is 5.41 Å². The fourth-order valence-electron chi connectivity index (χ4n) is 1.79. The molecule has 1 atom stereocenters. The average molecular weight is 320 g/mol. The minimum atomic E-state index is -1.10. The molecule has 0 aliphatic carbocycles. The van der Waals surface area contributed by atoms with Crippen molar-refractivity contribution in [2.45, 2.75) is 32.2 Å². The summed E-state index contributed by atoms with van der Waals surface area (Å²) in [7, 11) is 0. The minimum Gasteiger partial charge on any atom is -0.480 e. The van der Waals surface area contributed by atoms with Gasteiger partial charge < -0.3 is 21.5 Å². The van der Waals surface area contributed by atoms with Gasteiger partial charge in [0.05, 0.1) is 0 Å². The van der Waals surface area contributed by atoms with Gasteiger partial charge in [-0.05, 0) is 30.7 Å². The number of nitrogens with two attached hydrogens (primary N) is 1. The van der Waals surface area contributed by atoms with E-state index in [1.807, 2.05) is 0 Å². The summed E-state index contributed by atoms with van der Waals surface area (Å²) < 4.78 is 0. The van der Waals surface area contributed by atoms with Gasteiger partial charge in [0.25, 0.3) is 0 Å². The highest BCUT2D eigenvalue weighted by Gasteiger charge is 2.17. The van der Waals surface area contributed by atoms with E-state index in [9.17, 15) is 14.4 Å². The Morgan fingerprint density at radius 2 is 1.74 bits per heavy atom. The van der Waals surface area contributed by atoms with Crippen molar-refractivity contribution in [2.75, 3.05) is 5.32 Å². The predicted molar refractivity (Wildman–Crippen MR) is 85.2 cm³/mol. The van der Waals surface area contributed by atoms with Crippen molar-refractivity contribution in [3.05, 3.63) is 29.8 Å². The molecule has 0 saturated heterocycles. The van der Waals surface area contributed by atoms with Crippen molar-refractivity contribution in [3.63, 3.8) is 0 Å². The molecular formula is C15H20N4O4. The maximum Gasteiger partial charge on any atom is 0.326 e. The molecule has 2 amide bonds. The van der Waals surface area contributed by atoms with E-state index < -0.39 is 17.9 Å². The third-order valence-corrected chi connectivity index (χ3v) is 3.10. The molecule has 1 aromatic rings. The number of benzene rings is 1. The number of nitrogens with one attached hydrogen (secondary N) is 3. The lowest BCUT2D eigenvalue weighted by atomic mass is 10.2. The summed E-state index contributed by atoms with van der Waals surface area (Å²) in [5.74, 6) is -2.01. The van der Waals surface area contributed by atoms with Crippen molar-refractivity contribution in [2.24, 2.45) is 5.73 Å². The standard InChI is InChI=1S/C15H20N4O4/c1-2-11(15(22)23)19-13(21)8-7-12(20)18-10-5-3-9(4-6-10)14(16)17/h3-6,11H,2,7-8H2,1H3,(H3,16,17)(H,18,20)(H,19,21)(H,22,23)/t11-/m0/s1. The van der Waals surface area contributed by atoms with Crippen LogP contribution in [0.1, 0.15) is 31.7 Å². The molecule has 0 aliphatic heterocycles. The Morgan fingerprint density at radius 1 is 1.17 bits per heavy atom. The summed E-state index contributed by atoms with van der Waals surface area (Å²) in [5, 5.41) is 21.1. The Bertz CT molecular complexity index is 598. The van der Waals surface area contributed by atoms with Crippen LogP contribution in [-0.2, 0) is 14.4 Å². The van der Waals surface area contributed by atoms with Crippen molar-refractivity contribution in [3.8, 4) is 0 Å². The van der Waals surface area contributed by atoms with E-state index in [0.717, 1.165) is 0 Å². The zero-order chi connectivity index (χ0) is 17.4. The molecule has 0 spiro atoms. The molecule has 0 radical (unpaired) electrons. The highest BCUT2D eigenvalue weighted by atomic mass is 16.4. The first-order valence-electron chi connectivity index (χ1n) is 7.10. The van der Waals surface area contributed by atoms with Gasteiger partial charge in [0, 0.05) is 24.1 Å². The van der Waals surface area contributed by atoms with E-state index in [1.54, 1.807) is 31.2 Å². The van der Waals surface area contributed by atoms with Gasteiger partial charge in [-0.3, -0.25) is 15.0 Å². The van der Waals surface area contributed by atoms with Crippen LogP contribution in [0.25, 0.3) is 0 Å². The lowest BCUT2D eigenvalue weighted by Gasteiger charge is -2.12. The zero-order valence-electron chi connectivity index (χ0n) is 12.8. The number of carboxylic acids is 1. The number of carbonyl (C=O) groups excluding carboxylic acids is 2. The third kappa shape index (κ3) is 6.16. The monoisotopic (exact) mass is 320 g/mol. The molecule has 124 valence electrons. The number of carboxylic acid groups (broad SMARTS) is 1. The molecule has 23 heavy (non-hydrogen) atoms. The third-order valence-electron chi connectivity index (χ3n) is 3.10. The number of carbonyl (C=O) groups is 3. The fourth-order valence-corrected chi connectivity index (χ4v) is 1.79. The summed E-state index contributed by atoms with van der Waals surface area (Å²) >= 11 is 0. The van der Waals surface area contributed by atoms with Crippen molar-refractivity contribution < 1.29 is 19.5 Å². The highest BCUT2D eigenvalue weighted by molar-refractivity contribution is 5.97. The number of hydrogen-bond donors (Lipinski definition) is 5. The topological polar surface area (TPSA) is 145 Å². The molecule has 0 heterocycles. The lowest BCUT2D eigenvalue weighted by molar-refractivity contribution is -0.141. The normalized spacial score (nSPS) is 11.3. The van der Waals surface area contributed by atoms with Gasteiger partial charge in [-0.2, -0.15) is 0 Å². The SMILES string of the molecule is CC[C@H](NC(=O)CCC(=O)Nc1ccc(C(=N)N)cc1)C(=O)O. The van der Waals surface area contributed by atoms with E-state index >= 15 is 0 Å². The van der Waals surface area contributed by atoms with Gasteiger partial charge >= 0.3 is 5.97 Å². The Balaban J connectivity index is 2.43. The maximum absolute atomic E-state index is 11.8. The second kappa shape index (κ2) is 8.52. The summed E-state index contributed by atoms with van der Waals surface area (Å²) in [6.45, 7) is 1.65. The van der Waals surface area contributed by atoms with E-state index in [2.05, 4.69) is 10.6 Å². The van der Waals surface area contributed by atoms with E-state index in [0.29, 0.717) is 11.3 Å². The minimum absolute atomic E-state index is 0.0592. The summed E-state index contributed by atoms with van der Waals surface area (Å²) in [6, 6.07) is 5.47. The number of amidine groups is 1. The first-order valence-corrected chi connectivity index (χ1v) is 7.10. The maximum atomic E-state index is 11.8. The predicted octanol–water partition coefficient (Wildman–Crippen LogP) is 0.669. The van der Waals surface area contributed by atoms with Gasteiger partial charge in [-0.1, -0.05) is 6.92 Å². The molecule has 8 nitrogen and oxygen atoms in total. The number of rotatable bonds is 8. The number of hydrogen-bond acceptors (Lipinski definition) is 4. The number of anilines is 1. The van der Waals surface area contributed by atoms with E-state index in [4.69, 9.17) is 16.2 Å². The molecule has 0 aliphatic rings. The van der Waals surface area contributed by atoms with Gasteiger partial charge in [0.1, 0.15) is 11.9 Å². The molecular weight excluding hydrogens is 300 g/mol. The van der Waals surface area contributed by atoms with Gasteiger partial charge in [0.15, 0.2) is 0 Å². The van der Waals surface area contributed by atoms with Crippen LogP contribution in [0, 0.1) is 5.41 Å². The van der Waals surface area contributed by atoms with Crippen molar-refractivity contribution >= 4 is 29.3 Å². The van der Waals surface area contributed by atoms with Gasteiger partial charge in [-0.25, -0.2) is 4.79 Å². The van der Waals surface area contributed by atoms with Crippen LogP contribution in [0.3, 0.4) is 0 Å². The van der Waals surface area contributed by atoms with E-state index in [1.165, 1.54) is 0 Å². The molecule has 8 heteroatoms. The largest absolute Gasteiger partial charge is 0.480 e. The molecule has 0 bridgehead atoms. The fraction of sp³-hybridized carbons (Fsp3) is 0.333. The van der Waals surface area contributed by atoms with Crippen LogP contribution >= 0.6 is 0 Å². The second-order valence-corrected chi connectivity index (χ2v) is 4.91. The molecule has 1 rings (SSSR count). The number of aliphatic carboxylic acids is 1. The number of nitrogen functional groups attached to an aromatic ring is 1.